The van der Waals surface area contributed by atoms with Crippen molar-refractivity contribution in [2.75, 3.05) is 4.90 Å². The Bertz CT molecular complexity index is 467. The molecule has 3 heteroatoms. The summed E-state index contributed by atoms with van der Waals surface area (Å²) in [5, 5.41) is 0. The molecule has 1 aromatic rings. The molecule has 1 saturated heterocycles. The van der Waals surface area contributed by atoms with Crippen molar-refractivity contribution >= 4 is 17.9 Å². The van der Waals surface area contributed by atoms with E-state index in [4.69, 9.17) is 0 Å². The van der Waals surface area contributed by atoms with E-state index in [1.54, 1.807) is 4.90 Å². The molecule has 0 radical (unpaired) electrons. The SMILES string of the molecule is CCCCCCCc1ccc(N2C(=O)CCC2C=O)cc1. The predicted octanol–water partition coefficient (Wildman–Crippen LogP) is 3.89. The normalized spacial score (nSPS) is 18.2. The molecule has 0 bridgehead atoms. The topological polar surface area (TPSA) is 37.4 Å². The van der Waals surface area contributed by atoms with Gasteiger partial charge in [-0.05, 0) is 37.0 Å². The largest absolute Gasteiger partial charge is 0.302 e. The lowest BCUT2D eigenvalue weighted by atomic mass is 10.0. The second-order valence-electron chi connectivity index (χ2n) is 5.84. The molecule has 0 saturated carbocycles. The van der Waals surface area contributed by atoms with E-state index in [-0.39, 0.29) is 11.9 Å². The van der Waals surface area contributed by atoms with Gasteiger partial charge >= 0.3 is 0 Å². The Morgan fingerprint density at radius 3 is 2.52 bits per heavy atom. The zero-order valence-electron chi connectivity index (χ0n) is 12.9. The molecular formula is C18H25NO2. The van der Waals surface area contributed by atoms with Crippen LogP contribution in [-0.2, 0) is 16.0 Å². The van der Waals surface area contributed by atoms with Gasteiger partial charge in [0.15, 0.2) is 0 Å². The van der Waals surface area contributed by atoms with Gasteiger partial charge in [-0.2, -0.15) is 0 Å². The number of amides is 1. The van der Waals surface area contributed by atoms with E-state index in [9.17, 15) is 9.59 Å². The van der Waals surface area contributed by atoms with Crippen molar-refractivity contribution in [3.05, 3.63) is 29.8 Å². The summed E-state index contributed by atoms with van der Waals surface area (Å²) < 4.78 is 0. The highest BCUT2D eigenvalue weighted by Crippen LogP contribution is 2.26. The standard InChI is InChI=1S/C18H25NO2/c1-2-3-4-5-6-7-15-8-10-16(11-9-15)19-17(14-20)12-13-18(19)21/h8-11,14,17H,2-7,12-13H2,1H3. The second-order valence-corrected chi connectivity index (χ2v) is 5.84. The Labute approximate surface area is 127 Å². The van der Waals surface area contributed by atoms with E-state index in [1.165, 1.54) is 37.7 Å². The van der Waals surface area contributed by atoms with Gasteiger partial charge in [-0.3, -0.25) is 4.79 Å². The van der Waals surface area contributed by atoms with Crippen LogP contribution in [0, 0.1) is 0 Å². The first kappa shape index (κ1) is 15.7. The molecule has 0 spiro atoms. The van der Waals surface area contributed by atoms with Crippen LogP contribution in [-0.4, -0.2) is 18.2 Å². The van der Waals surface area contributed by atoms with Gasteiger partial charge in [0, 0.05) is 12.1 Å². The van der Waals surface area contributed by atoms with Crippen molar-refractivity contribution in [2.45, 2.75) is 64.3 Å². The molecule has 1 aromatic carbocycles. The first-order valence-corrected chi connectivity index (χ1v) is 8.12. The molecule has 3 nitrogen and oxygen atoms in total. The monoisotopic (exact) mass is 287 g/mol. The van der Waals surface area contributed by atoms with E-state index in [0.717, 1.165) is 18.4 Å². The van der Waals surface area contributed by atoms with Gasteiger partial charge in [0.05, 0.1) is 6.04 Å². The highest BCUT2D eigenvalue weighted by Gasteiger charge is 2.31. The fourth-order valence-corrected chi connectivity index (χ4v) is 2.93. The third kappa shape index (κ3) is 4.16. The van der Waals surface area contributed by atoms with Crippen molar-refractivity contribution in [1.82, 2.24) is 0 Å². The molecule has 114 valence electrons. The number of aryl methyl sites for hydroxylation is 1. The minimum absolute atomic E-state index is 0.0550. The zero-order valence-corrected chi connectivity index (χ0v) is 12.9. The summed E-state index contributed by atoms with van der Waals surface area (Å²) in [5.41, 5.74) is 2.16. The van der Waals surface area contributed by atoms with Crippen molar-refractivity contribution in [1.29, 1.82) is 0 Å². The minimum atomic E-state index is -0.280. The fourth-order valence-electron chi connectivity index (χ4n) is 2.93. The highest BCUT2D eigenvalue weighted by molar-refractivity contribution is 6.00. The maximum Gasteiger partial charge on any atom is 0.227 e. The molecule has 1 fully saturated rings. The Morgan fingerprint density at radius 1 is 1.14 bits per heavy atom. The number of rotatable bonds is 8. The second kappa shape index (κ2) is 7.96. The lowest BCUT2D eigenvalue weighted by Crippen LogP contribution is -2.33. The average Bonchev–Trinajstić information content (AvgIpc) is 2.89. The van der Waals surface area contributed by atoms with Crippen LogP contribution in [0.5, 0.6) is 0 Å². The molecule has 1 aliphatic heterocycles. The van der Waals surface area contributed by atoms with E-state index in [2.05, 4.69) is 19.1 Å². The van der Waals surface area contributed by atoms with E-state index in [0.29, 0.717) is 12.8 Å². The fraction of sp³-hybridized carbons (Fsp3) is 0.556. The number of carbonyl (C=O) groups excluding carboxylic acids is 2. The predicted molar refractivity (Wildman–Crippen MR) is 85.5 cm³/mol. The summed E-state index contributed by atoms with van der Waals surface area (Å²) in [6.45, 7) is 2.23. The lowest BCUT2D eigenvalue weighted by Gasteiger charge is -2.20. The Morgan fingerprint density at radius 2 is 1.86 bits per heavy atom. The summed E-state index contributed by atoms with van der Waals surface area (Å²) in [4.78, 5) is 24.5. The van der Waals surface area contributed by atoms with E-state index < -0.39 is 0 Å². The number of nitrogens with zero attached hydrogens (tertiary/aromatic N) is 1. The molecule has 1 heterocycles. The highest BCUT2D eigenvalue weighted by atomic mass is 16.2. The van der Waals surface area contributed by atoms with Gasteiger partial charge in [0.25, 0.3) is 0 Å². The van der Waals surface area contributed by atoms with Crippen molar-refractivity contribution in [2.24, 2.45) is 0 Å². The molecule has 21 heavy (non-hydrogen) atoms. The molecule has 1 amide bonds. The minimum Gasteiger partial charge on any atom is -0.302 e. The number of unbranched alkanes of at least 4 members (excludes halogenated alkanes) is 4. The first-order chi connectivity index (χ1) is 10.3. The number of carbonyl (C=O) groups is 2. The number of hydrogen-bond acceptors (Lipinski definition) is 2. The maximum atomic E-state index is 11.9. The quantitative estimate of drug-likeness (QED) is 0.537. The lowest BCUT2D eigenvalue weighted by molar-refractivity contribution is -0.118. The van der Waals surface area contributed by atoms with Gasteiger partial charge in [-0.1, -0.05) is 44.7 Å². The van der Waals surface area contributed by atoms with E-state index >= 15 is 0 Å². The van der Waals surface area contributed by atoms with Gasteiger partial charge in [0.2, 0.25) is 5.91 Å². The van der Waals surface area contributed by atoms with Gasteiger partial charge in [-0.25, -0.2) is 0 Å². The zero-order chi connectivity index (χ0) is 15.1. The summed E-state index contributed by atoms with van der Waals surface area (Å²) in [6, 6.07) is 7.84. The van der Waals surface area contributed by atoms with Crippen LogP contribution in [0.1, 0.15) is 57.4 Å². The first-order valence-electron chi connectivity index (χ1n) is 8.12. The molecule has 0 aliphatic carbocycles. The Hall–Kier alpha value is -1.64. The van der Waals surface area contributed by atoms with Crippen molar-refractivity contribution in [3.63, 3.8) is 0 Å². The molecule has 1 unspecified atom stereocenters. The molecule has 1 atom stereocenters. The smallest absolute Gasteiger partial charge is 0.227 e. The third-order valence-electron chi connectivity index (χ3n) is 4.19. The molecule has 0 N–H and O–H groups in total. The number of anilines is 1. The van der Waals surface area contributed by atoms with Crippen molar-refractivity contribution in [3.8, 4) is 0 Å². The van der Waals surface area contributed by atoms with Crippen molar-refractivity contribution < 1.29 is 9.59 Å². The summed E-state index contributed by atoms with van der Waals surface area (Å²) in [5.74, 6) is 0.0550. The third-order valence-corrected chi connectivity index (χ3v) is 4.19. The molecule has 1 aliphatic rings. The number of benzene rings is 1. The van der Waals surface area contributed by atoms with Crippen LogP contribution >= 0.6 is 0 Å². The van der Waals surface area contributed by atoms with Crippen LogP contribution in [0.2, 0.25) is 0 Å². The maximum absolute atomic E-state index is 11.9. The van der Waals surface area contributed by atoms with Gasteiger partial charge in [-0.15, -0.1) is 0 Å². The molecule has 0 aromatic heterocycles. The van der Waals surface area contributed by atoms with Crippen LogP contribution in [0.15, 0.2) is 24.3 Å². The summed E-state index contributed by atoms with van der Waals surface area (Å²) in [6.07, 6.45) is 9.51. The van der Waals surface area contributed by atoms with Crippen LogP contribution in [0.25, 0.3) is 0 Å². The van der Waals surface area contributed by atoms with Crippen LogP contribution in [0.3, 0.4) is 0 Å². The average molecular weight is 287 g/mol. The molecular weight excluding hydrogens is 262 g/mol. The van der Waals surface area contributed by atoms with Crippen LogP contribution < -0.4 is 4.90 Å². The van der Waals surface area contributed by atoms with Crippen LogP contribution in [0.4, 0.5) is 5.69 Å². The van der Waals surface area contributed by atoms with Gasteiger partial charge in [0.1, 0.15) is 6.29 Å². The Balaban J connectivity index is 1.89. The number of hydrogen-bond donors (Lipinski definition) is 0. The van der Waals surface area contributed by atoms with E-state index in [1.807, 2.05) is 12.1 Å². The molecule has 2 rings (SSSR count). The Kier molecular flexibility index (Phi) is 5.97. The summed E-state index contributed by atoms with van der Waals surface area (Å²) >= 11 is 0. The number of aldehydes is 1. The van der Waals surface area contributed by atoms with Gasteiger partial charge < -0.3 is 9.69 Å². The summed E-state index contributed by atoms with van der Waals surface area (Å²) in [7, 11) is 0.